The van der Waals surface area contributed by atoms with E-state index in [0.717, 1.165) is 62.2 Å². The minimum atomic E-state index is -0.211. The lowest BCUT2D eigenvalue weighted by Gasteiger charge is -2.34. The zero-order valence-corrected chi connectivity index (χ0v) is 19.1. The first kappa shape index (κ1) is 22.3. The summed E-state index contributed by atoms with van der Waals surface area (Å²) in [6.45, 7) is 10.4. The Kier molecular flexibility index (Phi) is 6.76. The molecule has 172 valence electrons. The van der Waals surface area contributed by atoms with Crippen LogP contribution < -0.4 is 20.7 Å². The average molecular weight is 441 g/mol. The zero-order valence-electron chi connectivity index (χ0n) is 19.1. The largest absolute Gasteiger partial charge is 0.378 e. The van der Waals surface area contributed by atoms with Crippen molar-refractivity contribution in [1.82, 2.24) is 20.2 Å². The maximum absolute atomic E-state index is 13.1. The highest BCUT2D eigenvalue weighted by molar-refractivity contribution is 5.95. The van der Waals surface area contributed by atoms with Gasteiger partial charge in [-0.25, -0.2) is 4.98 Å². The van der Waals surface area contributed by atoms with Crippen molar-refractivity contribution < 1.29 is 9.53 Å². The molecule has 4 heterocycles. The van der Waals surface area contributed by atoms with Crippen LogP contribution >= 0.6 is 0 Å². The fourth-order valence-corrected chi connectivity index (χ4v) is 4.16. The van der Waals surface area contributed by atoms with E-state index in [2.05, 4.69) is 32.0 Å². The van der Waals surface area contributed by atoms with Gasteiger partial charge in [0.25, 0.3) is 11.5 Å². The molecule has 9 heteroatoms. The van der Waals surface area contributed by atoms with E-state index < -0.39 is 0 Å². The molecule has 2 aliphatic rings. The third kappa shape index (κ3) is 5.11. The Labute approximate surface area is 188 Å². The summed E-state index contributed by atoms with van der Waals surface area (Å²) in [5.74, 6) is 1.40. The molecule has 0 radical (unpaired) electrons. The Morgan fingerprint density at radius 3 is 2.28 bits per heavy atom. The molecule has 0 unspecified atom stereocenters. The van der Waals surface area contributed by atoms with Crippen LogP contribution in [-0.2, 0) is 11.3 Å². The number of rotatable bonds is 5. The van der Waals surface area contributed by atoms with Crippen molar-refractivity contribution in [2.45, 2.75) is 20.4 Å². The number of amides is 1. The van der Waals surface area contributed by atoms with E-state index in [1.54, 1.807) is 0 Å². The van der Waals surface area contributed by atoms with E-state index in [4.69, 9.17) is 9.72 Å². The number of aromatic amines is 1. The van der Waals surface area contributed by atoms with E-state index in [1.807, 2.05) is 32.0 Å². The fourth-order valence-electron chi connectivity index (χ4n) is 4.16. The van der Waals surface area contributed by atoms with Crippen LogP contribution in [0.4, 0.5) is 11.6 Å². The normalized spacial score (nSPS) is 17.5. The van der Waals surface area contributed by atoms with Crippen LogP contribution in [0.1, 0.15) is 27.2 Å². The number of carbonyl (C=O) groups excluding carboxylic acids is 1. The summed E-state index contributed by atoms with van der Waals surface area (Å²) in [4.78, 5) is 39.8. The Hall–Kier alpha value is -2.91. The van der Waals surface area contributed by atoms with Crippen molar-refractivity contribution in [3.05, 3.63) is 50.9 Å². The number of morpholine rings is 1. The van der Waals surface area contributed by atoms with E-state index >= 15 is 0 Å². The van der Waals surface area contributed by atoms with Crippen molar-refractivity contribution in [1.29, 1.82) is 0 Å². The summed E-state index contributed by atoms with van der Waals surface area (Å²) in [6, 6.07) is 5.61. The van der Waals surface area contributed by atoms with Gasteiger partial charge in [0.05, 0.1) is 13.2 Å². The smallest absolute Gasteiger partial charge is 0.253 e. The number of carbonyl (C=O) groups is 1. The van der Waals surface area contributed by atoms with E-state index in [0.29, 0.717) is 24.3 Å². The van der Waals surface area contributed by atoms with Crippen LogP contribution in [0, 0.1) is 13.8 Å². The zero-order chi connectivity index (χ0) is 22.7. The highest BCUT2D eigenvalue weighted by atomic mass is 16.5. The third-order valence-corrected chi connectivity index (χ3v) is 6.14. The number of aryl methyl sites for hydroxylation is 2. The molecule has 2 aromatic heterocycles. The number of anilines is 2. The molecule has 4 rings (SSSR count). The second kappa shape index (κ2) is 9.70. The summed E-state index contributed by atoms with van der Waals surface area (Å²) in [6.07, 6.45) is 0. The molecule has 0 spiro atoms. The number of nitrogens with one attached hydrogen (secondary N) is 2. The van der Waals surface area contributed by atoms with E-state index in [1.165, 1.54) is 0 Å². The monoisotopic (exact) mass is 440 g/mol. The summed E-state index contributed by atoms with van der Waals surface area (Å²) < 4.78 is 5.48. The average Bonchev–Trinajstić information content (AvgIpc) is 2.79. The lowest BCUT2D eigenvalue weighted by molar-refractivity contribution is 0.0950. The Balaban J connectivity index is 1.58. The van der Waals surface area contributed by atoms with Gasteiger partial charge in [0.2, 0.25) is 0 Å². The molecule has 0 aliphatic carbocycles. The lowest BCUT2D eigenvalue weighted by atomic mass is 10.1. The molecular weight excluding hydrogens is 408 g/mol. The SMILES string of the molecule is Cc1cc(C)c(CNC(=O)c2cc(N3CCOCC3)nc(N3CCN(C)CC3)c2)c(=O)[nH]1. The van der Waals surface area contributed by atoms with Gasteiger partial charge >= 0.3 is 0 Å². The van der Waals surface area contributed by atoms with Crippen molar-refractivity contribution in [3.63, 3.8) is 0 Å². The Morgan fingerprint density at radius 2 is 1.66 bits per heavy atom. The maximum atomic E-state index is 13.1. The van der Waals surface area contributed by atoms with Gasteiger partial charge in [0.1, 0.15) is 11.6 Å². The predicted molar refractivity (Wildman–Crippen MR) is 125 cm³/mol. The van der Waals surface area contributed by atoms with Gasteiger partial charge in [0, 0.05) is 62.6 Å². The first-order valence-corrected chi connectivity index (χ1v) is 11.2. The number of H-pyrrole nitrogens is 1. The standard InChI is InChI=1S/C23H32N6O3/c1-16-12-17(2)25-23(31)19(16)15-24-22(30)18-13-20(28-6-4-27(3)5-7-28)26-21(14-18)29-8-10-32-11-9-29/h12-14H,4-11,15H2,1-3H3,(H,24,30)(H,25,31). The number of pyridine rings is 2. The Morgan fingerprint density at radius 1 is 1.03 bits per heavy atom. The Bertz CT molecular complexity index is 1020. The molecular formula is C23H32N6O3. The van der Waals surface area contributed by atoms with E-state index in [-0.39, 0.29) is 18.0 Å². The topological polar surface area (TPSA) is 93.8 Å². The highest BCUT2D eigenvalue weighted by Gasteiger charge is 2.21. The number of ether oxygens (including phenoxy) is 1. The molecule has 9 nitrogen and oxygen atoms in total. The predicted octanol–water partition coefficient (Wildman–Crippen LogP) is 0.905. The first-order chi connectivity index (χ1) is 15.4. The van der Waals surface area contributed by atoms with Gasteiger partial charge < -0.3 is 29.7 Å². The maximum Gasteiger partial charge on any atom is 0.253 e. The van der Waals surface area contributed by atoms with Crippen molar-refractivity contribution in [2.24, 2.45) is 0 Å². The lowest BCUT2D eigenvalue weighted by Crippen LogP contribution is -2.45. The third-order valence-electron chi connectivity index (χ3n) is 6.14. The molecule has 0 atom stereocenters. The van der Waals surface area contributed by atoms with Crippen molar-refractivity contribution in [3.8, 4) is 0 Å². The van der Waals surface area contributed by atoms with Crippen LogP contribution in [0.3, 0.4) is 0 Å². The van der Waals surface area contributed by atoms with Crippen LogP contribution in [0.15, 0.2) is 23.0 Å². The summed E-state index contributed by atoms with van der Waals surface area (Å²) in [5, 5.41) is 2.93. The van der Waals surface area contributed by atoms with Gasteiger partial charge in [-0.2, -0.15) is 0 Å². The van der Waals surface area contributed by atoms with Crippen LogP contribution in [0.25, 0.3) is 0 Å². The number of hydrogen-bond donors (Lipinski definition) is 2. The van der Waals surface area contributed by atoms with E-state index in [9.17, 15) is 9.59 Å². The number of likely N-dealkylation sites (N-methyl/N-ethyl adjacent to an activating group) is 1. The van der Waals surface area contributed by atoms with Crippen LogP contribution in [0.5, 0.6) is 0 Å². The minimum absolute atomic E-state index is 0.162. The first-order valence-electron chi connectivity index (χ1n) is 11.2. The number of aromatic nitrogens is 2. The molecule has 2 N–H and O–H groups in total. The van der Waals surface area contributed by atoms with Crippen molar-refractivity contribution >= 4 is 17.5 Å². The van der Waals surface area contributed by atoms with Crippen molar-refractivity contribution in [2.75, 3.05) is 69.3 Å². The second-order valence-corrected chi connectivity index (χ2v) is 8.59. The molecule has 0 bridgehead atoms. The summed E-state index contributed by atoms with van der Waals surface area (Å²) in [5.41, 5.74) is 2.64. The number of piperazine rings is 1. The van der Waals surface area contributed by atoms with Gasteiger partial charge in [-0.05, 0) is 44.7 Å². The van der Waals surface area contributed by atoms with Crippen LogP contribution in [0.2, 0.25) is 0 Å². The molecule has 0 saturated carbocycles. The van der Waals surface area contributed by atoms with Gasteiger partial charge in [0.15, 0.2) is 0 Å². The molecule has 32 heavy (non-hydrogen) atoms. The highest BCUT2D eigenvalue weighted by Crippen LogP contribution is 2.23. The molecule has 2 aliphatic heterocycles. The molecule has 0 aromatic carbocycles. The van der Waals surface area contributed by atoms with Gasteiger partial charge in [-0.3, -0.25) is 9.59 Å². The quantitative estimate of drug-likeness (QED) is 0.714. The number of hydrogen-bond acceptors (Lipinski definition) is 7. The van der Waals surface area contributed by atoms with Gasteiger partial charge in [-0.15, -0.1) is 0 Å². The summed E-state index contributed by atoms with van der Waals surface area (Å²) in [7, 11) is 2.11. The number of nitrogens with zero attached hydrogens (tertiary/aromatic N) is 4. The van der Waals surface area contributed by atoms with Gasteiger partial charge in [-0.1, -0.05) is 0 Å². The van der Waals surface area contributed by atoms with Crippen LogP contribution in [-0.4, -0.2) is 80.3 Å². The molecule has 1 amide bonds. The fraction of sp³-hybridized carbons (Fsp3) is 0.522. The molecule has 2 fully saturated rings. The molecule has 2 aromatic rings. The minimum Gasteiger partial charge on any atom is -0.378 e. The second-order valence-electron chi connectivity index (χ2n) is 8.59. The molecule has 2 saturated heterocycles. The summed E-state index contributed by atoms with van der Waals surface area (Å²) >= 11 is 0.